The topological polar surface area (TPSA) is 72.2 Å². The molecule has 2 aromatic rings. The van der Waals surface area contributed by atoms with Gasteiger partial charge in [0.15, 0.2) is 0 Å². The third-order valence-electron chi connectivity index (χ3n) is 4.24. The van der Waals surface area contributed by atoms with Gasteiger partial charge in [-0.3, -0.25) is 14.3 Å². The van der Waals surface area contributed by atoms with Crippen molar-refractivity contribution in [3.63, 3.8) is 0 Å². The van der Waals surface area contributed by atoms with E-state index in [4.69, 9.17) is 0 Å². The van der Waals surface area contributed by atoms with Gasteiger partial charge in [-0.2, -0.15) is 0 Å². The lowest BCUT2D eigenvalue weighted by Crippen LogP contribution is -2.41. The summed E-state index contributed by atoms with van der Waals surface area (Å²) in [6.45, 7) is 2.74. The van der Waals surface area contributed by atoms with Crippen LogP contribution < -0.4 is 16.6 Å². The second-order valence-corrected chi connectivity index (χ2v) is 6.75. The van der Waals surface area contributed by atoms with E-state index >= 15 is 0 Å². The lowest BCUT2D eigenvalue weighted by molar-refractivity contribution is 0.259. The fourth-order valence-corrected chi connectivity index (χ4v) is 3.81. The van der Waals surface area contributed by atoms with E-state index in [0.717, 1.165) is 17.7 Å². The Hall–Kier alpha value is -1.93. The number of rotatable bonds is 5. The predicted octanol–water partition coefficient (Wildman–Crippen LogP) is 0.790. The van der Waals surface area contributed by atoms with Crippen molar-refractivity contribution in [1.29, 1.82) is 0 Å². The number of anilines is 1. The highest BCUT2D eigenvalue weighted by molar-refractivity contribution is 7.10. The van der Waals surface area contributed by atoms with Gasteiger partial charge in [0.05, 0.1) is 6.04 Å². The van der Waals surface area contributed by atoms with Crippen molar-refractivity contribution in [3.05, 3.63) is 43.2 Å². The molecule has 0 spiro atoms. The van der Waals surface area contributed by atoms with Gasteiger partial charge in [0, 0.05) is 25.5 Å². The second-order valence-electron chi connectivity index (χ2n) is 5.77. The second kappa shape index (κ2) is 6.67. The standard InChI is InChI=1S/C15H21N5O2S/c1-18-14(21)13(17-19(2)15(18)22)16-10-11(12-6-5-9-23-12)20-7-3-4-8-20/h5-6,9,11H,3-4,7-8,10H2,1-2H3,(H,16,17). The summed E-state index contributed by atoms with van der Waals surface area (Å²) in [4.78, 5) is 27.6. The molecule has 1 N–H and O–H groups in total. The molecule has 8 heteroatoms. The first-order valence-electron chi connectivity index (χ1n) is 7.73. The van der Waals surface area contributed by atoms with Gasteiger partial charge in [-0.1, -0.05) is 6.07 Å². The summed E-state index contributed by atoms with van der Waals surface area (Å²) in [6.07, 6.45) is 2.42. The van der Waals surface area contributed by atoms with Gasteiger partial charge in [-0.25, -0.2) is 9.48 Å². The molecule has 7 nitrogen and oxygen atoms in total. The van der Waals surface area contributed by atoms with Crippen LogP contribution in [0.15, 0.2) is 27.1 Å². The molecule has 124 valence electrons. The Kier molecular flexibility index (Phi) is 4.63. The van der Waals surface area contributed by atoms with Gasteiger partial charge in [0.2, 0.25) is 5.82 Å². The van der Waals surface area contributed by atoms with Crippen LogP contribution >= 0.6 is 11.3 Å². The van der Waals surface area contributed by atoms with E-state index in [1.165, 1.54) is 29.4 Å². The van der Waals surface area contributed by atoms with Crippen LogP contribution in [0.4, 0.5) is 5.82 Å². The van der Waals surface area contributed by atoms with Crippen LogP contribution in [0.1, 0.15) is 23.8 Å². The average Bonchev–Trinajstić information content (AvgIpc) is 3.24. The van der Waals surface area contributed by atoms with Crippen molar-refractivity contribution in [2.75, 3.05) is 25.0 Å². The molecule has 3 heterocycles. The summed E-state index contributed by atoms with van der Waals surface area (Å²) in [7, 11) is 3.01. The summed E-state index contributed by atoms with van der Waals surface area (Å²) >= 11 is 1.73. The van der Waals surface area contributed by atoms with Crippen LogP contribution in [0.25, 0.3) is 0 Å². The molecule has 1 unspecified atom stereocenters. The molecule has 1 saturated heterocycles. The maximum absolute atomic E-state index is 12.2. The number of aromatic nitrogens is 3. The van der Waals surface area contributed by atoms with E-state index in [9.17, 15) is 9.59 Å². The van der Waals surface area contributed by atoms with E-state index in [1.807, 2.05) is 6.07 Å². The molecule has 3 rings (SSSR count). The zero-order chi connectivity index (χ0) is 16.4. The van der Waals surface area contributed by atoms with E-state index in [1.54, 1.807) is 18.4 Å². The van der Waals surface area contributed by atoms with Crippen molar-refractivity contribution in [2.24, 2.45) is 14.1 Å². The van der Waals surface area contributed by atoms with Gasteiger partial charge in [0.1, 0.15) is 0 Å². The molecular weight excluding hydrogens is 314 g/mol. The van der Waals surface area contributed by atoms with E-state index < -0.39 is 5.69 Å². The van der Waals surface area contributed by atoms with Gasteiger partial charge in [-0.15, -0.1) is 16.4 Å². The number of thiophene rings is 1. The van der Waals surface area contributed by atoms with Gasteiger partial charge in [-0.05, 0) is 37.4 Å². The van der Waals surface area contributed by atoms with Crippen molar-refractivity contribution < 1.29 is 0 Å². The highest BCUT2D eigenvalue weighted by atomic mass is 32.1. The Morgan fingerprint density at radius 2 is 2.04 bits per heavy atom. The maximum Gasteiger partial charge on any atom is 0.346 e. The van der Waals surface area contributed by atoms with Crippen LogP contribution in [0.5, 0.6) is 0 Å². The number of nitrogens with zero attached hydrogens (tertiary/aromatic N) is 4. The Morgan fingerprint density at radius 3 is 2.70 bits per heavy atom. The molecule has 0 amide bonds. The fourth-order valence-electron chi connectivity index (χ4n) is 2.95. The lowest BCUT2D eigenvalue weighted by Gasteiger charge is -2.27. The highest BCUT2D eigenvalue weighted by Crippen LogP contribution is 2.28. The molecule has 1 atom stereocenters. The van der Waals surface area contributed by atoms with Crippen molar-refractivity contribution in [1.82, 2.24) is 19.2 Å². The van der Waals surface area contributed by atoms with Crippen LogP contribution in [-0.2, 0) is 14.1 Å². The summed E-state index contributed by atoms with van der Waals surface area (Å²) in [5.41, 5.74) is -0.811. The average molecular weight is 335 g/mol. The number of likely N-dealkylation sites (tertiary alicyclic amines) is 1. The van der Waals surface area contributed by atoms with Crippen LogP contribution in [0.3, 0.4) is 0 Å². The highest BCUT2D eigenvalue weighted by Gasteiger charge is 2.24. The fraction of sp³-hybridized carbons (Fsp3) is 0.533. The number of nitrogens with one attached hydrogen (secondary N) is 1. The predicted molar refractivity (Wildman–Crippen MR) is 91.1 cm³/mol. The Bertz CT molecular complexity index is 774. The van der Waals surface area contributed by atoms with Crippen molar-refractivity contribution in [2.45, 2.75) is 18.9 Å². The minimum atomic E-state index is -0.421. The molecule has 0 aliphatic carbocycles. The van der Waals surface area contributed by atoms with Crippen LogP contribution in [-0.4, -0.2) is 38.9 Å². The van der Waals surface area contributed by atoms with Gasteiger partial charge < -0.3 is 5.32 Å². The molecule has 0 aromatic carbocycles. The normalized spacial score (nSPS) is 16.6. The minimum absolute atomic E-state index is 0.218. The largest absolute Gasteiger partial charge is 0.362 e. The monoisotopic (exact) mass is 335 g/mol. The van der Waals surface area contributed by atoms with E-state index in [2.05, 4.69) is 26.8 Å². The number of hydrogen-bond acceptors (Lipinski definition) is 6. The maximum atomic E-state index is 12.2. The van der Waals surface area contributed by atoms with Crippen molar-refractivity contribution in [3.8, 4) is 0 Å². The molecular formula is C15H21N5O2S. The van der Waals surface area contributed by atoms with Gasteiger partial charge in [0.25, 0.3) is 5.56 Å². The summed E-state index contributed by atoms with van der Waals surface area (Å²) in [6, 6.07) is 4.40. The molecule has 1 aliphatic rings. The zero-order valence-electron chi connectivity index (χ0n) is 13.4. The third kappa shape index (κ3) is 3.23. The number of hydrogen-bond donors (Lipinski definition) is 1. The van der Waals surface area contributed by atoms with Crippen LogP contribution in [0.2, 0.25) is 0 Å². The van der Waals surface area contributed by atoms with Crippen LogP contribution in [0, 0.1) is 0 Å². The quantitative estimate of drug-likeness (QED) is 0.875. The Labute approximate surface area is 138 Å². The molecule has 0 radical (unpaired) electrons. The van der Waals surface area contributed by atoms with E-state index in [0.29, 0.717) is 6.54 Å². The summed E-state index contributed by atoms with van der Waals surface area (Å²) in [5.74, 6) is 0.218. The summed E-state index contributed by atoms with van der Waals surface area (Å²) in [5, 5.41) is 9.28. The lowest BCUT2D eigenvalue weighted by atomic mass is 10.2. The summed E-state index contributed by atoms with van der Waals surface area (Å²) < 4.78 is 2.26. The molecule has 1 fully saturated rings. The SMILES string of the molecule is Cn1nc(NCC(c2cccs2)N2CCCC2)c(=O)n(C)c1=O. The van der Waals surface area contributed by atoms with Crippen molar-refractivity contribution >= 4 is 17.2 Å². The first kappa shape index (κ1) is 15.9. The van der Waals surface area contributed by atoms with Gasteiger partial charge >= 0.3 is 5.69 Å². The first-order chi connectivity index (χ1) is 11.1. The molecule has 2 aromatic heterocycles. The first-order valence-corrected chi connectivity index (χ1v) is 8.61. The molecule has 0 saturated carbocycles. The minimum Gasteiger partial charge on any atom is -0.362 e. The smallest absolute Gasteiger partial charge is 0.346 e. The third-order valence-corrected chi connectivity index (χ3v) is 5.21. The Morgan fingerprint density at radius 1 is 1.30 bits per heavy atom. The number of aryl methyl sites for hydroxylation is 1. The zero-order valence-corrected chi connectivity index (χ0v) is 14.2. The molecule has 1 aliphatic heterocycles. The Balaban J connectivity index is 1.82. The molecule has 0 bridgehead atoms. The molecule has 23 heavy (non-hydrogen) atoms. The van der Waals surface area contributed by atoms with E-state index in [-0.39, 0.29) is 17.4 Å².